The highest BCUT2D eigenvalue weighted by atomic mass is 16.6. The largest absolute Gasteiger partial charge is 0.285 e. The number of hydrogen-bond acceptors (Lipinski definition) is 7. The van der Waals surface area contributed by atoms with E-state index >= 15 is 0 Å². The highest BCUT2D eigenvalue weighted by Crippen LogP contribution is 2.34. The van der Waals surface area contributed by atoms with E-state index in [1.807, 2.05) is 0 Å². The van der Waals surface area contributed by atoms with Crippen LogP contribution in [0.3, 0.4) is 0 Å². The number of hydrogen-bond donors (Lipinski definition) is 0. The molecule has 0 N–H and O–H groups in total. The lowest BCUT2D eigenvalue weighted by Crippen LogP contribution is -1.98. The molecule has 128 valence electrons. The molecule has 0 atom stereocenters. The molecule has 2 rings (SSSR count). The molecule has 12 nitrogen and oxygen atoms in total. The van der Waals surface area contributed by atoms with E-state index in [4.69, 9.17) is 5.53 Å². The molecular weight excluding hydrogens is 332 g/mol. The summed E-state index contributed by atoms with van der Waals surface area (Å²) in [6, 6.07) is 1.75. The molecule has 0 aliphatic rings. The normalized spacial score (nSPS) is 10.7. The Morgan fingerprint density at radius 2 is 1.96 bits per heavy atom. The molecule has 0 unspecified atom stereocenters. The minimum Gasteiger partial charge on any atom is -0.270 e. The second-order valence-corrected chi connectivity index (χ2v) is 5.00. The van der Waals surface area contributed by atoms with Crippen molar-refractivity contribution in [2.24, 2.45) is 17.2 Å². The zero-order valence-corrected chi connectivity index (χ0v) is 13.4. The third kappa shape index (κ3) is 3.43. The van der Waals surface area contributed by atoms with Crippen molar-refractivity contribution < 1.29 is 9.85 Å². The van der Waals surface area contributed by atoms with Gasteiger partial charge < -0.3 is 0 Å². The predicted octanol–water partition coefficient (Wildman–Crippen LogP) is 3.55. The average Bonchev–Trinajstić information content (AvgIpc) is 2.78. The fourth-order valence-electron chi connectivity index (χ4n) is 2.21. The number of nitro benzene ring substituents is 2. The van der Waals surface area contributed by atoms with Gasteiger partial charge in [0.1, 0.15) is 5.69 Å². The average molecular weight is 344 g/mol. The second kappa shape index (κ2) is 6.76. The summed E-state index contributed by atoms with van der Waals surface area (Å²) in [5, 5.41) is 29.7. The van der Waals surface area contributed by atoms with Gasteiger partial charge in [0.05, 0.1) is 38.6 Å². The van der Waals surface area contributed by atoms with Crippen LogP contribution >= 0.6 is 0 Å². The van der Waals surface area contributed by atoms with Crippen LogP contribution in [0, 0.1) is 34.1 Å². The summed E-state index contributed by atoms with van der Waals surface area (Å²) in [5.41, 5.74) is 8.95. The summed E-state index contributed by atoms with van der Waals surface area (Å²) in [7, 11) is 1.72. The smallest absolute Gasteiger partial charge is 0.270 e. The van der Waals surface area contributed by atoms with Crippen LogP contribution in [0.5, 0.6) is 0 Å². The lowest BCUT2D eigenvalue weighted by atomic mass is 10.1. The highest BCUT2D eigenvalue weighted by molar-refractivity contribution is 5.94. The molecule has 0 aliphatic heterocycles. The van der Waals surface area contributed by atoms with Crippen molar-refractivity contribution in [2.75, 3.05) is 0 Å². The molecule has 0 saturated carbocycles. The maximum atomic E-state index is 11.3. The van der Waals surface area contributed by atoms with Gasteiger partial charge in [-0.05, 0) is 19.4 Å². The minimum absolute atomic E-state index is 0.129. The summed E-state index contributed by atoms with van der Waals surface area (Å²) in [6.45, 7) is 3.49. The first-order chi connectivity index (χ1) is 11.8. The molecule has 1 heterocycles. The molecule has 0 spiro atoms. The lowest BCUT2D eigenvalue weighted by Gasteiger charge is -2.02. The minimum atomic E-state index is -0.806. The van der Waals surface area contributed by atoms with Crippen molar-refractivity contribution in [2.45, 2.75) is 13.8 Å². The van der Waals surface area contributed by atoms with Crippen molar-refractivity contribution in [3.8, 4) is 0 Å². The number of nitro groups is 2. The molecule has 25 heavy (non-hydrogen) atoms. The summed E-state index contributed by atoms with van der Waals surface area (Å²) >= 11 is 0. The highest BCUT2D eigenvalue weighted by Gasteiger charge is 2.23. The van der Waals surface area contributed by atoms with Crippen LogP contribution in [-0.2, 0) is 7.05 Å². The zero-order valence-electron chi connectivity index (χ0n) is 13.4. The van der Waals surface area contributed by atoms with Crippen molar-refractivity contribution in [1.29, 1.82) is 0 Å². The third-order valence-electron chi connectivity index (χ3n) is 3.47. The van der Waals surface area contributed by atoms with E-state index in [1.165, 1.54) is 0 Å². The first-order valence-electron chi connectivity index (χ1n) is 6.82. The first-order valence-corrected chi connectivity index (χ1v) is 6.82. The van der Waals surface area contributed by atoms with Gasteiger partial charge in [0.25, 0.3) is 11.4 Å². The van der Waals surface area contributed by atoms with Crippen molar-refractivity contribution in [3.05, 3.63) is 59.8 Å². The van der Waals surface area contributed by atoms with Crippen molar-refractivity contribution in [3.63, 3.8) is 0 Å². The van der Waals surface area contributed by atoms with E-state index < -0.39 is 21.2 Å². The molecule has 0 amide bonds. The number of benzene rings is 1. The van der Waals surface area contributed by atoms with Gasteiger partial charge in [-0.1, -0.05) is 5.11 Å². The van der Waals surface area contributed by atoms with Gasteiger partial charge in [-0.15, -0.1) is 0 Å². The van der Waals surface area contributed by atoms with Crippen LogP contribution in [0.25, 0.3) is 10.4 Å². The van der Waals surface area contributed by atoms with E-state index in [0.29, 0.717) is 11.4 Å². The maximum Gasteiger partial charge on any atom is 0.285 e. The molecule has 1 aromatic heterocycles. The molecular formula is C13H12N8O4. The molecule has 0 aliphatic carbocycles. The molecule has 0 radical (unpaired) electrons. The molecule has 0 saturated heterocycles. The Kier molecular flexibility index (Phi) is 4.75. The number of azide groups is 1. The molecule has 1 aromatic carbocycles. The van der Waals surface area contributed by atoms with Crippen LogP contribution in [0.1, 0.15) is 17.0 Å². The predicted molar refractivity (Wildman–Crippen MR) is 88.5 cm³/mol. The first kappa shape index (κ1) is 17.6. The van der Waals surface area contributed by atoms with Crippen LogP contribution in [0.4, 0.5) is 22.7 Å². The van der Waals surface area contributed by atoms with Gasteiger partial charge in [-0.25, -0.2) is 0 Å². The zero-order chi connectivity index (χ0) is 18.7. The van der Waals surface area contributed by atoms with Gasteiger partial charge in [0, 0.05) is 24.2 Å². The second-order valence-electron chi connectivity index (χ2n) is 5.00. The van der Waals surface area contributed by atoms with Gasteiger partial charge in [-0.2, -0.15) is 5.10 Å². The number of rotatable bonds is 5. The van der Waals surface area contributed by atoms with E-state index in [-0.39, 0.29) is 11.3 Å². The van der Waals surface area contributed by atoms with E-state index in [2.05, 4.69) is 20.1 Å². The Bertz CT molecular complexity index is 932. The Morgan fingerprint density at radius 3 is 2.44 bits per heavy atom. The van der Waals surface area contributed by atoms with Gasteiger partial charge in [0.15, 0.2) is 0 Å². The summed E-state index contributed by atoms with van der Waals surface area (Å²) in [4.78, 5) is 27.3. The van der Waals surface area contributed by atoms with E-state index in [9.17, 15) is 20.2 Å². The Hall–Kier alpha value is -3.79. The van der Waals surface area contributed by atoms with Gasteiger partial charge in [0.2, 0.25) is 0 Å². The molecule has 2 aromatic rings. The van der Waals surface area contributed by atoms with Gasteiger partial charge in [-0.3, -0.25) is 29.9 Å². The third-order valence-corrected chi connectivity index (χ3v) is 3.47. The summed E-state index contributed by atoms with van der Waals surface area (Å²) < 4.78 is 1.60. The van der Waals surface area contributed by atoms with Crippen LogP contribution in [0.2, 0.25) is 0 Å². The van der Waals surface area contributed by atoms with Crippen LogP contribution in [-0.4, -0.2) is 25.8 Å². The summed E-state index contributed by atoms with van der Waals surface area (Å²) in [5.74, 6) is 0. The topological polar surface area (TPSA) is 165 Å². The van der Waals surface area contributed by atoms with Crippen molar-refractivity contribution in [1.82, 2.24) is 9.78 Å². The van der Waals surface area contributed by atoms with Crippen LogP contribution in [0.15, 0.2) is 22.2 Å². The van der Waals surface area contributed by atoms with E-state index in [1.54, 1.807) is 25.6 Å². The molecule has 12 heteroatoms. The standard InChI is InChI=1S/C13H12N8O4/c1-7-13(8(2)19(3)17-7)15-6-10-11(16-18-14)4-9(20(22)23)5-12(10)21(24)25/h4-6H,1-3H3. The number of nitrogens with zero attached hydrogens (tertiary/aromatic N) is 8. The number of aryl methyl sites for hydroxylation is 2. The fraction of sp³-hybridized carbons (Fsp3) is 0.231. The van der Waals surface area contributed by atoms with E-state index in [0.717, 1.165) is 24.0 Å². The Labute approximate surface area is 140 Å². The Morgan fingerprint density at radius 1 is 1.28 bits per heavy atom. The summed E-state index contributed by atoms with van der Waals surface area (Å²) in [6.07, 6.45) is 1.14. The fourth-order valence-corrected chi connectivity index (χ4v) is 2.21. The maximum absolute atomic E-state index is 11.3. The van der Waals surface area contributed by atoms with Crippen molar-refractivity contribution >= 4 is 29.0 Å². The SMILES string of the molecule is Cc1nn(C)c(C)c1N=Cc1c(N=[N+]=[N-])cc([N+](=O)[O-])cc1[N+](=O)[O-]. The molecule has 0 bridgehead atoms. The Balaban J connectivity index is 2.70. The van der Waals surface area contributed by atoms with Gasteiger partial charge >= 0.3 is 0 Å². The molecule has 0 fully saturated rings. The van der Waals surface area contributed by atoms with Crippen LogP contribution < -0.4 is 0 Å². The quantitative estimate of drug-likeness (QED) is 0.202. The lowest BCUT2D eigenvalue weighted by molar-refractivity contribution is -0.394. The number of aromatic nitrogens is 2. The number of non-ortho nitro benzene ring substituents is 1. The number of aliphatic imine (C=N–C) groups is 1. The monoisotopic (exact) mass is 344 g/mol.